The molecule has 0 aromatic heterocycles. The second-order valence-corrected chi connectivity index (χ2v) is 9.89. The highest BCUT2D eigenvalue weighted by Gasteiger charge is 2.42. The second kappa shape index (κ2) is 10.3. The fourth-order valence-corrected chi connectivity index (χ4v) is 5.06. The number of rotatable bonds is 8. The third kappa shape index (κ3) is 5.19. The van der Waals surface area contributed by atoms with Crippen molar-refractivity contribution in [2.75, 3.05) is 6.54 Å². The van der Waals surface area contributed by atoms with Crippen LogP contribution in [0.2, 0.25) is 0 Å². The van der Waals surface area contributed by atoms with Gasteiger partial charge in [-0.2, -0.15) is 0 Å². The number of amidine groups is 2. The molecule has 0 saturated heterocycles. The molecule has 0 bridgehead atoms. The topological polar surface area (TPSA) is 74.1 Å². The SMILES string of the molecule is CC[C@H](SC1=Nc2ccccc2C2=N[C@@H](CC(C)C)C(=O)N12)C(=O)NCCc1ccccc1. The molecule has 2 amide bonds. The molecule has 0 unspecified atom stereocenters. The monoisotopic (exact) mass is 462 g/mol. The van der Waals surface area contributed by atoms with Crippen molar-refractivity contribution in [3.05, 3.63) is 65.7 Å². The molecular weight excluding hydrogens is 432 g/mol. The summed E-state index contributed by atoms with van der Waals surface area (Å²) in [5.41, 5.74) is 2.83. The van der Waals surface area contributed by atoms with E-state index in [-0.39, 0.29) is 17.1 Å². The molecule has 2 aromatic rings. The van der Waals surface area contributed by atoms with E-state index < -0.39 is 6.04 Å². The van der Waals surface area contributed by atoms with E-state index in [0.29, 0.717) is 36.3 Å². The van der Waals surface area contributed by atoms with Crippen LogP contribution in [0.15, 0.2) is 64.6 Å². The maximum Gasteiger partial charge on any atom is 0.259 e. The van der Waals surface area contributed by atoms with Crippen LogP contribution in [-0.4, -0.2) is 45.6 Å². The first kappa shape index (κ1) is 23.2. The average Bonchev–Trinajstić information content (AvgIpc) is 3.13. The molecule has 2 aromatic carbocycles. The molecule has 4 rings (SSSR count). The van der Waals surface area contributed by atoms with E-state index in [4.69, 9.17) is 9.98 Å². The van der Waals surface area contributed by atoms with Gasteiger partial charge in [0, 0.05) is 12.1 Å². The summed E-state index contributed by atoms with van der Waals surface area (Å²) in [6.07, 6.45) is 2.10. The standard InChI is InChI=1S/C26H30N4O2S/c1-4-22(24(31)27-15-14-18-10-6-5-7-11-18)33-26-29-20-13-9-8-12-19(20)23-28-21(16-17(2)3)25(32)30(23)26/h5-13,17,21-22H,4,14-16H2,1-3H3,(H,27,31)/t21-,22-/m0/s1. The number of hydrogen-bond acceptors (Lipinski definition) is 5. The molecular formula is C26H30N4O2S. The number of amides is 2. The van der Waals surface area contributed by atoms with Crippen LogP contribution in [0.3, 0.4) is 0 Å². The minimum Gasteiger partial charge on any atom is -0.355 e. The molecule has 2 aliphatic rings. The van der Waals surface area contributed by atoms with Gasteiger partial charge in [0.1, 0.15) is 11.9 Å². The Morgan fingerprint density at radius 1 is 1.12 bits per heavy atom. The lowest BCUT2D eigenvalue weighted by molar-refractivity contribution is -0.125. The van der Waals surface area contributed by atoms with Crippen molar-refractivity contribution >= 4 is 40.3 Å². The maximum absolute atomic E-state index is 13.3. The van der Waals surface area contributed by atoms with Crippen molar-refractivity contribution in [2.45, 2.75) is 51.3 Å². The van der Waals surface area contributed by atoms with Crippen LogP contribution < -0.4 is 5.32 Å². The molecule has 0 radical (unpaired) electrons. The Hall–Kier alpha value is -2.93. The number of hydrogen-bond donors (Lipinski definition) is 1. The van der Waals surface area contributed by atoms with Gasteiger partial charge in [0.15, 0.2) is 5.17 Å². The molecule has 172 valence electrons. The summed E-state index contributed by atoms with van der Waals surface area (Å²) in [5, 5.41) is 3.24. The van der Waals surface area contributed by atoms with Gasteiger partial charge in [-0.05, 0) is 42.9 Å². The summed E-state index contributed by atoms with van der Waals surface area (Å²) in [4.78, 5) is 37.4. The fraction of sp³-hybridized carbons (Fsp3) is 0.385. The lowest BCUT2D eigenvalue weighted by atomic mass is 10.0. The molecule has 0 aliphatic carbocycles. The second-order valence-electron chi connectivity index (χ2n) is 8.72. The summed E-state index contributed by atoms with van der Waals surface area (Å²) in [6, 6.07) is 17.4. The number of fused-ring (bicyclic) bond motifs is 3. The predicted molar refractivity (Wildman–Crippen MR) is 135 cm³/mol. The summed E-state index contributed by atoms with van der Waals surface area (Å²) >= 11 is 1.35. The molecule has 0 saturated carbocycles. The van der Waals surface area contributed by atoms with Gasteiger partial charge in [0.2, 0.25) is 5.91 Å². The molecule has 7 heteroatoms. The van der Waals surface area contributed by atoms with E-state index in [1.807, 2.05) is 49.4 Å². The number of para-hydroxylation sites is 1. The number of nitrogens with one attached hydrogen (secondary N) is 1. The number of aliphatic imine (C=N–C) groups is 2. The first-order chi connectivity index (χ1) is 16.0. The smallest absolute Gasteiger partial charge is 0.259 e. The minimum absolute atomic E-state index is 0.0381. The summed E-state index contributed by atoms with van der Waals surface area (Å²) in [7, 11) is 0. The highest BCUT2D eigenvalue weighted by molar-refractivity contribution is 8.15. The van der Waals surface area contributed by atoms with Gasteiger partial charge in [0.25, 0.3) is 5.91 Å². The highest BCUT2D eigenvalue weighted by Crippen LogP contribution is 2.36. The van der Waals surface area contributed by atoms with Gasteiger partial charge in [-0.15, -0.1) is 0 Å². The Morgan fingerprint density at radius 3 is 2.58 bits per heavy atom. The number of benzene rings is 2. The van der Waals surface area contributed by atoms with Crippen LogP contribution in [0.5, 0.6) is 0 Å². The zero-order chi connectivity index (χ0) is 23.4. The Labute approximate surface area is 199 Å². The largest absolute Gasteiger partial charge is 0.355 e. The fourth-order valence-electron chi connectivity index (χ4n) is 4.02. The molecule has 6 nitrogen and oxygen atoms in total. The van der Waals surface area contributed by atoms with Crippen LogP contribution in [0, 0.1) is 5.92 Å². The first-order valence-corrected chi connectivity index (χ1v) is 12.4. The molecule has 1 N–H and O–H groups in total. The molecule has 0 fully saturated rings. The summed E-state index contributed by atoms with van der Waals surface area (Å²) in [6.45, 7) is 6.74. The van der Waals surface area contributed by atoms with Crippen LogP contribution in [-0.2, 0) is 16.0 Å². The normalized spacial score (nSPS) is 17.9. The van der Waals surface area contributed by atoms with Gasteiger partial charge in [0.05, 0.1) is 10.9 Å². The molecule has 33 heavy (non-hydrogen) atoms. The minimum atomic E-state index is -0.406. The maximum atomic E-state index is 13.3. The predicted octanol–water partition coefficient (Wildman–Crippen LogP) is 4.56. The third-order valence-corrected chi connectivity index (χ3v) is 7.03. The lowest BCUT2D eigenvalue weighted by Crippen LogP contribution is -2.43. The first-order valence-electron chi connectivity index (χ1n) is 11.6. The molecule has 0 spiro atoms. The lowest BCUT2D eigenvalue weighted by Gasteiger charge is -2.27. The van der Waals surface area contributed by atoms with E-state index in [1.54, 1.807) is 4.90 Å². The van der Waals surface area contributed by atoms with Crippen molar-refractivity contribution in [3.8, 4) is 0 Å². The number of carbonyl (C=O) groups excluding carboxylic acids is 2. The quantitative estimate of drug-likeness (QED) is 0.625. The van der Waals surface area contributed by atoms with Crippen LogP contribution in [0.4, 0.5) is 5.69 Å². The number of thioether (sulfide) groups is 1. The van der Waals surface area contributed by atoms with Gasteiger partial charge in [-0.1, -0.05) is 75.0 Å². The zero-order valence-corrected chi connectivity index (χ0v) is 20.1. The van der Waals surface area contributed by atoms with Gasteiger partial charge in [-0.25, -0.2) is 9.89 Å². The van der Waals surface area contributed by atoms with E-state index >= 15 is 0 Å². The van der Waals surface area contributed by atoms with Crippen molar-refractivity contribution in [3.63, 3.8) is 0 Å². The van der Waals surface area contributed by atoms with E-state index in [9.17, 15) is 9.59 Å². The summed E-state index contributed by atoms with van der Waals surface area (Å²) < 4.78 is 0. The van der Waals surface area contributed by atoms with E-state index in [0.717, 1.165) is 17.7 Å². The number of carbonyl (C=O) groups is 2. The van der Waals surface area contributed by atoms with Crippen molar-refractivity contribution < 1.29 is 9.59 Å². The van der Waals surface area contributed by atoms with Crippen molar-refractivity contribution in [1.82, 2.24) is 10.2 Å². The average molecular weight is 463 g/mol. The Morgan fingerprint density at radius 2 is 1.85 bits per heavy atom. The summed E-state index contributed by atoms with van der Waals surface area (Å²) in [5.74, 6) is 0.910. The van der Waals surface area contributed by atoms with Gasteiger partial charge in [-0.3, -0.25) is 14.6 Å². The van der Waals surface area contributed by atoms with E-state index in [2.05, 4.69) is 31.3 Å². The highest BCUT2D eigenvalue weighted by atomic mass is 32.2. The molecule has 2 aliphatic heterocycles. The Bertz CT molecular complexity index is 1080. The third-order valence-electron chi connectivity index (χ3n) is 5.71. The Balaban J connectivity index is 1.51. The van der Waals surface area contributed by atoms with Crippen LogP contribution >= 0.6 is 11.8 Å². The van der Waals surface area contributed by atoms with E-state index in [1.165, 1.54) is 17.3 Å². The van der Waals surface area contributed by atoms with Crippen molar-refractivity contribution in [1.29, 1.82) is 0 Å². The number of nitrogens with zero attached hydrogens (tertiary/aromatic N) is 3. The van der Waals surface area contributed by atoms with Crippen molar-refractivity contribution in [2.24, 2.45) is 15.9 Å². The molecule has 2 heterocycles. The Kier molecular flexibility index (Phi) is 7.28. The van der Waals surface area contributed by atoms with Gasteiger partial charge >= 0.3 is 0 Å². The van der Waals surface area contributed by atoms with Crippen LogP contribution in [0.25, 0.3) is 0 Å². The molecule has 2 atom stereocenters. The zero-order valence-electron chi connectivity index (χ0n) is 19.3. The van der Waals surface area contributed by atoms with Gasteiger partial charge < -0.3 is 5.32 Å². The van der Waals surface area contributed by atoms with Crippen LogP contribution in [0.1, 0.15) is 44.7 Å².